The average Bonchev–Trinajstić information content (AvgIpc) is 2.97. The summed E-state index contributed by atoms with van der Waals surface area (Å²) in [6.45, 7) is 9.07. The van der Waals surface area contributed by atoms with Crippen molar-refractivity contribution in [2.24, 2.45) is 5.92 Å². The Kier molecular flexibility index (Phi) is 8.53. The molecule has 1 N–H and O–H groups in total. The average molecular weight is 585 g/mol. The van der Waals surface area contributed by atoms with Gasteiger partial charge in [-0.3, -0.25) is 19.8 Å². The largest absolute Gasteiger partial charge is 0.423 e. The molecule has 0 saturated carbocycles. The third-order valence-corrected chi connectivity index (χ3v) is 8.24. The van der Waals surface area contributed by atoms with Crippen LogP contribution in [0.5, 0.6) is 0 Å². The van der Waals surface area contributed by atoms with Crippen LogP contribution >= 0.6 is 0 Å². The van der Waals surface area contributed by atoms with Crippen LogP contribution in [0.25, 0.3) is 10.9 Å². The lowest BCUT2D eigenvalue weighted by Crippen LogP contribution is -2.50. The van der Waals surface area contributed by atoms with Gasteiger partial charge < -0.3 is 15.1 Å². The number of pyridine rings is 1. The molecule has 1 atom stereocenters. The van der Waals surface area contributed by atoms with Crippen molar-refractivity contribution in [1.82, 2.24) is 14.8 Å². The molecule has 3 heterocycles. The van der Waals surface area contributed by atoms with Gasteiger partial charge in [0.05, 0.1) is 10.4 Å². The number of piperazine rings is 1. The van der Waals surface area contributed by atoms with Gasteiger partial charge in [0.25, 0.3) is 5.69 Å². The van der Waals surface area contributed by atoms with Gasteiger partial charge in [0.15, 0.2) is 0 Å². The lowest BCUT2D eigenvalue weighted by Gasteiger charge is -2.38. The zero-order chi connectivity index (χ0) is 30.0. The maximum absolute atomic E-state index is 13.3. The molecule has 2 aliphatic heterocycles. The van der Waals surface area contributed by atoms with Gasteiger partial charge in [-0.05, 0) is 49.6 Å². The first-order valence-corrected chi connectivity index (χ1v) is 14.2. The number of piperidine rings is 1. The molecule has 1 amide bonds. The molecule has 2 fully saturated rings. The number of aryl methyl sites for hydroxylation is 1. The summed E-state index contributed by atoms with van der Waals surface area (Å²) in [7, 11) is 0. The summed E-state index contributed by atoms with van der Waals surface area (Å²) < 4.78 is 40.0. The number of aromatic nitrogens is 1. The maximum Gasteiger partial charge on any atom is 0.423 e. The number of nitro benzene ring substituents is 1. The van der Waals surface area contributed by atoms with Crippen LogP contribution in [0.15, 0.2) is 48.5 Å². The SMILES string of the molecule is Cc1cc(N2CCN(CC(C)C(=O)N3CCC(Nc4ccc([N+](=O)[O-])c(C(F)(F)F)c4)CC3)CC2)nc2ccccc12. The fraction of sp³-hybridized carbons (Fsp3) is 0.467. The fourth-order valence-electron chi connectivity index (χ4n) is 5.92. The van der Waals surface area contributed by atoms with E-state index in [4.69, 9.17) is 4.98 Å². The second kappa shape index (κ2) is 12.1. The Labute approximate surface area is 242 Å². The van der Waals surface area contributed by atoms with Gasteiger partial charge in [0.2, 0.25) is 5.91 Å². The van der Waals surface area contributed by atoms with Crippen LogP contribution in [-0.4, -0.2) is 77.5 Å². The predicted molar refractivity (Wildman–Crippen MR) is 156 cm³/mol. The summed E-state index contributed by atoms with van der Waals surface area (Å²) in [6.07, 6.45) is -3.67. The number of benzene rings is 2. The molecule has 224 valence electrons. The maximum atomic E-state index is 13.3. The number of hydrogen-bond acceptors (Lipinski definition) is 7. The second-order valence-electron chi connectivity index (χ2n) is 11.2. The number of anilines is 2. The third-order valence-electron chi connectivity index (χ3n) is 8.24. The number of rotatable bonds is 7. The van der Waals surface area contributed by atoms with Gasteiger partial charge in [0, 0.05) is 74.9 Å². The predicted octanol–water partition coefficient (Wildman–Crippen LogP) is 5.33. The molecule has 1 unspecified atom stereocenters. The molecule has 5 rings (SSSR count). The van der Waals surface area contributed by atoms with Crippen molar-refractivity contribution in [2.75, 3.05) is 56.0 Å². The van der Waals surface area contributed by atoms with Crippen LogP contribution in [0.2, 0.25) is 0 Å². The zero-order valence-electron chi connectivity index (χ0n) is 23.7. The number of fused-ring (bicyclic) bond motifs is 1. The van der Waals surface area contributed by atoms with E-state index in [0.717, 1.165) is 55.0 Å². The van der Waals surface area contributed by atoms with E-state index in [9.17, 15) is 28.1 Å². The van der Waals surface area contributed by atoms with Crippen molar-refractivity contribution < 1.29 is 22.9 Å². The first-order chi connectivity index (χ1) is 20.0. The molecule has 1 aromatic heterocycles. The van der Waals surface area contributed by atoms with E-state index in [1.165, 1.54) is 11.6 Å². The monoisotopic (exact) mass is 584 g/mol. The highest BCUT2D eigenvalue weighted by atomic mass is 19.4. The summed E-state index contributed by atoms with van der Waals surface area (Å²) >= 11 is 0. The van der Waals surface area contributed by atoms with E-state index in [-0.39, 0.29) is 23.6 Å². The normalized spacial score (nSPS) is 17.8. The van der Waals surface area contributed by atoms with Crippen molar-refractivity contribution in [1.29, 1.82) is 0 Å². The lowest BCUT2D eigenvalue weighted by molar-refractivity contribution is -0.388. The topological polar surface area (TPSA) is 94.8 Å². The minimum absolute atomic E-state index is 0.0809. The molecule has 0 bridgehead atoms. The summed E-state index contributed by atoms with van der Waals surface area (Å²) in [5.41, 5.74) is 0.133. The Balaban J connectivity index is 1.09. The second-order valence-corrected chi connectivity index (χ2v) is 11.2. The van der Waals surface area contributed by atoms with Crippen molar-refractivity contribution in [3.63, 3.8) is 0 Å². The number of nitrogens with zero attached hydrogens (tertiary/aromatic N) is 5. The number of carbonyl (C=O) groups excluding carboxylic acids is 1. The van der Waals surface area contributed by atoms with E-state index in [2.05, 4.69) is 34.2 Å². The van der Waals surface area contributed by atoms with E-state index < -0.39 is 22.4 Å². The number of alkyl halides is 3. The molecule has 0 radical (unpaired) electrons. The van der Waals surface area contributed by atoms with E-state index in [0.29, 0.717) is 32.5 Å². The molecule has 3 aromatic rings. The summed E-state index contributed by atoms with van der Waals surface area (Å²) in [5, 5.41) is 15.2. The van der Waals surface area contributed by atoms with Crippen LogP contribution in [0.4, 0.5) is 30.4 Å². The van der Waals surface area contributed by atoms with Gasteiger partial charge in [-0.1, -0.05) is 25.1 Å². The number of nitrogens with one attached hydrogen (secondary N) is 1. The van der Waals surface area contributed by atoms with Crippen LogP contribution in [-0.2, 0) is 11.0 Å². The molecule has 2 aromatic carbocycles. The van der Waals surface area contributed by atoms with Crippen LogP contribution in [0, 0.1) is 23.0 Å². The molecule has 0 aliphatic carbocycles. The van der Waals surface area contributed by atoms with Gasteiger partial charge >= 0.3 is 6.18 Å². The van der Waals surface area contributed by atoms with E-state index in [1.54, 1.807) is 0 Å². The zero-order valence-corrected chi connectivity index (χ0v) is 23.7. The Hall–Kier alpha value is -3.93. The Bertz CT molecular complexity index is 1450. The smallest absolute Gasteiger partial charge is 0.382 e. The Morgan fingerprint density at radius 1 is 1.07 bits per heavy atom. The number of nitro groups is 1. The van der Waals surface area contributed by atoms with E-state index in [1.807, 2.05) is 30.0 Å². The molecule has 42 heavy (non-hydrogen) atoms. The molecular weight excluding hydrogens is 549 g/mol. The molecule has 2 aliphatic rings. The molecular formula is C30H35F3N6O3. The van der Waals surface area contributed by atoms with Gasteiger partial charge in [-0.2, -0.15) is 13.2 Å². The minimum Gasteiger partial charge on any atom is -0.382 e. The number of hydrogen-bond donors (Lipinski definition) is 1. The number of para-hydroxylation sites is 1. The third kappa shape index (κ3) is 6.59. The first kappa shape index (κ1) is 29.6. The number of halogens is 3. The fourth-order valence-corrected chi connectivity index (χ4v) is 5.92. The number of carbonyl (C=O) groups is 1. The lowest BCUT2D eigenvalue weighted by atomic mass is 10.0. The highest BCUT2D eigenvalue weighted by Gasteiger charge is 2.38. The van der Waals surface area contributed by atoms with Crippen molar-refractivity contribution in [3.05, 3.63) is 69.8 Å². The van der Waals surface area contributed by atoms with Crippen molar-refractivity contribution in [2.45, 2.75) is 38.9 Å². The summed E-state index contributed by atoms with van der Waals surface area (Å²) in [4.78, 5) is 34.5. The van der Waals surface area contributed by atoms with Crippen LogP contribution in [0.1, 0.15) is 30.9 Å². The van der Waals surface area contributed by atoms with Gasteiger partial charge in [0.1, 0.15) is 11.4 Å². The highest BCUT2D eigenvalue weighted by molar-refractivity contribution is 5.84. The van der Waals surface area contributed by atoms with Crippen molar-refractivity contribution >= 4 is 34.0 Å². The van der Waals surface area contributed by atoms with Crippen LogP contribution < -0.4 is 10.2 Å². The number of amides is 1. The molecule has 9 nitrogen and oxygen atoms in total. The van der Waals surface area contributed by atoms with Crippen molar-refractivity contribution in [3.8, 4) is 0 Å². The molecule has 2 saturated heterocycles. The van der Waals surface area contributed by atoms with Crippen LogP contribution in [0.3, 0.4) is 0 Å². The highest BCUT2D eigenvalue weighted by Crippen LogP contribution is 2.38. The summed E-state index contributed by atoms with van der Waals surface area (Å²) in [6, 6.07) is 13.1. The quantitative estimate of drug-likeness (QED) is 0.296. The Morgan fingerprint density at radius 2 is 1.76 bits per heavy atom. The van der Waals surface area contributed by atoms with Gasteiger partial charge in [-0.15, -0.1) is 0 Å². The Morgan fingerprint density at radius 3 is 2.43 bits per heavy atom. The number of likely N-dealkylation sites (tertiary alicyclic amines) is 1. The minimum atomic E-state index is -4.83. The molecule has 12 heteroatoms. The van der Waals surface area contributed by atoms with E-state index >= 15 is 0 Å². The standard InChI is InChI=1S/C30H35F3N6O3/c1-20-17-28(35-26-6-4-3-5-24(20)26)37-15-13-36(14-16-37)19-21(2)29(40)38-11-9-22(10-12-38)34-23-7-8-27(39(41)42)25(18-23)30(31,32)33/h3-8,17-18,21-22,34H,9-16,19H2,1-2H3. The molecule has 0 spiro atoms. The first-order valence-electron chi connectivity index (χ1n) is 14.2. The summed E-state index contributed by atoms with van der Waals surface area (Å²) in [5.74, 6) is 0.887. The van der Waals surface area contributed by atoms with Gasteiger partial charge in [-0.25, -0.2) is 4.98 Å².